The van der Waals surface area contributed by atoms with E-state index in [2.05, 4.69) is 0 Å². The fourth-order valence-electron chi connectivity index (χ4n) is 1.31. The number of nitrogens with two attached hydrogens (primary N) is 2. The van der Waals surface area contributed by atoms with Gasteiger partial charge >= 0.3 is 0 Å². The third kappa shape index (κ3) is 1.62. The van der Waals surface area contributed by atoms with E-state index in [1.165, 1.54) is 6.07 Å². The van der Waals surface area contributed by atoms with Gasteiger partial charge in [-0.05, 0) is 25.5 Å². The molecule has 0 aromatic heterocycles. The molecule has 4 N–H and O–H groups in total. The molecule has 1 aromatic carbocycles. The van der Waals surface area contributed by atoms with Gasteiger partial charge in [0.1, 0.15) is 5.82 Å². The molecule has 0 saturated heterocycles. The van der Waals surface area contributed by atoms with Crippen LogP contribution >= 0.6 is 0 Å². The quantitative estimate of drug-likeness (QED) is 0.619. The first-order valence-corrected chi connectivity index (χ1v) is 3.76. The molecule has 66 valence electrons. The highest BCUT2D eigenvalue weighted by molar-refractivity contribution is 5.32. The summed E-state index contributed by atoms with van der Waals surface area (Å²) in [5, 5.41) is 0. The smallest absolute Gasteiger partial charge is 0.129 e. The van der Waals surface area contributed by atoms with Gasteiger partial charge < -0.3 is 11.5 Å². The molecule has 0 fully saturated rings. The fourth-order valence-corrected chi connectivity index (χ4v) is 1.31. The minimum absolute atomic E-state index is 0.345. The SMILES string of the molecule is Cc1cccc(F)c1C(C)(N)N. The lowest BCUT2D eigenvalue weighted by atomic mass is 9.98. The lowest BCUT2D eigenvalue weighted by Gasteiger charge is -2.21. The summed E-state index contributed by atoms with van der Waals surface area (Å²) < 4.78 is 13.2. The minimum atomic E-state index is -1.10. The number of benzene rings is 1. The molecule has 0 aliphatic carbocycles. The maximum absolute atomic E-state index is 13.2. The van der Waals surface area contributed by atoms with Crippen LogP contribution in [0.2, 0.25) is 0 Å². The molecule has 0 unspecified atom stereocenters. The molecule has 0 aliphatic heterocycles. The average Bonchev–Trinajstić information content (AvgIpc) is 1.82. The van der Waals surface area contributed by atoms with Crippen molar-refractivity contribution in [1.82, 2.24) is 0 Å². The van der Waals surface area contributed by atoms with Crippen molar-refractivity contribution in [3.63, 3.8) is 0 Å². The first-order chi connectivity index (χ1) is 5.43. The van der Waals surface area contributed by atoms with Crippen molar-refractivity contribution in [1.29, 1.82) is 0 Å². The summed E-state index contributed by atoms with van der Waals surface area (Å²) >= 11 is 0. The van der Waals surface area contributed by atoms with E-state index < -0.39 is 5.66 Å². The molecular formula is C9H13FN2. The number of aryl methyl sites for hydroxylation is 1. The molecule has 1 aromatic rings. The van der Waals surface area contributed by atoms with E-state index in [9.17, 15) is 4.39 Å². The van der Waals surface area contributed by atoms with Gasteiger partial charge in [-0.25, -0.2) is 4.39 Å². The van der Waals surface area contributed by atoms with Gasteiger partial charge in [0.2, 0.25) is 0 Å². The average molecular weight is 168 g/mol. The summed E-state index contributed by atoms with van der Waals surface area (Å²) in [6, 6.07) is 4.79. The Hall–Kier alpha value is -0.930. The zero-order valence-corrected chi connectivity index (χ0v) is 7.26. The molecule has 0 radical (unpaired) electrons. The second-order valence-corrected chi connectivity index (χ2v) is 3.21. The molecule has 0 bridgehead atoms. The van der Waals surface area contributed by atoms with E-state index in [1.807, 2.05) is 0 Å². The van der Waals surface area contributed by atoms with Crippen molar-refractivity contribution in [3.05, 3.63) is 35.1 Å². The van der Waals surface area contributed by atoms with Crippen molar-refractivity contribution in [2.75, 3.05) is 0 Å². The van der Waals surface area contributed by atoms with Crippen LogP contribution < -0.4 is 11.5 Å². The molecule has 1 rings (SSSR count). The first-order valence-electron chi connectivity index (χ1n) is 3.76. The van der Waals surface area contributed by atoms with Crippen molar-refractivity contribution in [2.45, 2.75) is 19.5 Å². The van der Waals surface area contributed by atoms with Crippen molar-refractivity contribution in [3.8, 4) is 0 Å². The Kier molecular flexibility index (Phi) is 2.17. The summed E-state index contributed by atoms with van der Waals surface area (Å²) in [5.74, 6) is -0.345. The monoisotopic (exact) mass is 168 g/mol. The Labute approximate surface area is 71.4 Å². The number of hydrogen-bond donors (Lipinski definition) is 2. The predicted molar refractivity (Wildman–Crippen MR) is 46.9 cm³/mol. The highest BCUT2D eigenvalue weighted by atomic mass is 19.1. The Bertz CT molecular complexity index is 269. The van der Waals surface area contributed by atoms with Crippen LogP contribution in [0.15, 0.2) is 18.2 Å². The van der Waals surface area contributed by atoms with Crippen LogP contribution in [0.5, 0.6) is 0 Å². The van der Waals surface area contributed by atoms with E-state index in [4.69, 9.17) is 11.5 Å². The predicted octanol–water partition coefficient (Wildman–Crippen LogP) is 1.22. The molecule has 0 heterocycles. The van der Waals surface area contributed by atoms with Crippen LogP contribution in [-0.2, 0) is 5.66 Å². The molecule has 0 aliphatic rings. The lowest BCUT2D eigenvalue weighted by Crippen LogP contribution is -2.44. The number of hydrogen-bond acceptors (Lipinski definition) is 2. The van der Waals surface area contributed by atoms with Crippen LogP contribution in [0.3, 0.4) is 0 Å². The van der Waals surface area contributed by atoms with Gasteiger partial charge in [-0.1, -0.05) is 12.1 Å². The largest absolute Gasteiger partial charge is 0.310 e. The molecule has 0 saturated carbocycles. The summed E-state index contributed by atoms with van der Waals surface area (Å²) in [6.07, 6.45) is 0. The standard InChI is InChI=1S/C9H13FN2/c1-6-4-3-5-7(10)8(6)9(2,11)12/h3-5H,11-12H2,1-2H3. The van der Waals surface area contributed by atoms with Crippen LogP contribution in [0.25, 0.3) is 0 Å². The van der Waals surface area contributed by atoms with E-state index in [1.54, 1.807) is 26.0 Å². The second-order valence-electron chi connectivity index (χ2n) is 3.21. The fraction of sp³-hybridized carbons (Fsp3) is 0.333. The van der Waals surface area contributed by atoms with Gasteiger partial charge in [0.25, 0.3) is 0 Å². The van der Waals surface area contributed by atoms with E-state index in [0.717, 1.165) is 5.56 Å². The van der Waals surface area contributed by atoms with Crippen molar-refractivity contribution >= 4 is 0 Å². The third-order valence-electron chi connectivity index (χ3n) is 1.76. The normalized spacial score (nSPS) is 11.8. The van der Waals surface area contributed by atoms with Gasteiger partial charge in [0.15, 0.2) is 0 Å². The highest BCUT2D eigenvalue weighted by Gasteiger charge is 2.20. The van der Waals surface area contributed by atoms with Crippen molar-refractivity contribution < 1.29 is 4.39 Å². The zero-order valence-electron chi connectivity index (χ0n) is 7.26. The van der Waals surface area contributed by atoms with E-state index in [-0.39, 0.29) is 5.82 Å². The van der Waals surface area contributed by atoms with Gasteiger partial charge in [0.05, 0.1) is 5.66 Å². The molecule has 12 heavy (non-hydrogen) atoms. The summed E-state index contributed by atoms with van der Waals surface area (Å²) in [6.45, 7) is 3.37. The topological polar surface area (TPSA) is 52.0 Å². The Balaban J connectivity index is 3.31. The Morgan fingerprint density at radius 2 is 1.92 bits per heavy atom. The van der Waals surface area contributed by atoms with Gasteiger partial charge in [-0.2, -0.15) is 0 Å². The molecule has 0 spiro atoms. The third-order valence-corrected chi connectivity index (χ3v) is 1.76. The minimum Gasteiger partial charge on any atom is -0.310 e. The number of rotatable bonds is 1. The maximum atomic E-state index is 13.2. The lowest BCUT2D eigenvalue weighted by molar-refractivity contribution is 0.475. The molecule has 2 nitrogen and oxygen atoms in total. The Morgan fingerprint density at radius 1 is 1.33 bits per heavy atom. The summed E-state index contributed by atoms with van der Waals surface area (Å²) in [5.41, 5.74) is 11.3. The van der Waals surface area contributed by atoms with Gasteiger partial charge in [-0.3, -0.25) is 0 Å². The second kappa shape index (κ2) is 2.84. The van der Waals surface area contributed by atoms with Crippen LogP contribution in [-0.4, -0.2) is 0 Å². The maximum Gasteiger partial charge on any atom is 0.129 e. The van der Waals surface area contributed by atoms with Crippen molar-refractivity contribution in [2.24, 2.45) is 11.5 Å². The van der Waals surface area contributed by atoms with Crippen LogP contribution in [0, 0.1) is 12.7 Å². The number of halogens is 1. The van der Waals surface area contributed by atoms with Crippen LogP contribution in [0.1, 0.15) is 18.1 Å². The summed E-state index contributed by atoms with van der Waals surface area (Å²) in [7, 11) is 0. The van der Waals surface area contributed by atoms with Gasteiger partial charge in [0, 0.05) is 5.56 Å². The molecule has 0 atom stereocenters. The van der Waals surface area contributed by atoms with Crippen LogP contribution in [0.4, 0.5) is 4.39 Å². The summed E-state index contributed by atoms with van der Waals surface area (Å²) in [4.78, 5) is 0. The molecule has 3 heteroatoms. The molecule has 0 amide bonds. The van der Waals surface area contributed by atoms with Gasteiger partial charge in [-0.15, -0.1) is 0 Å². The highest BCUT2D eigenvalue weighted by Crippen LogP contribution is 2.19. The zero-order chi connectivity index (χ0) is 9.35. The Morgan fingerprint density at radius 3 is 2.25 bits per heavy atom. The van der Waals surface area contributed by atoms with E-state index in [0.29, 0.717) is 5.56 Å². The van der Waals surface area contributed by atoms with E-state index >= 15 is 0 Å². The molecular weight excluding hydrogens is 155 g/mol. The first kappa shape index (κ1) is 9.16.